The van der Waals surface area contributed by atoms with Crippen molar-refractivity contribution in [2.75, 3.05) is 13.7 Å². The van der Waals surface area contributed by atoms with Crippen LogP contribution in [0.25, 0.3) is 22.3 Å². The topological polar surface area (TPSA) is 102 Å². The number of aromatic nitrogens is 1. The number of fused-ring (bicyclic) bond motifs is 1. The van der Waals surface area contributed by atoms with Crippen LogP contribution in [0.2, 0.25) is 10.2 Å². The molecule has 7 nitrogen and oxygen atoms in total. The number of amides is 1. The van der Waals surface area contributed by atoms with Crippen molar-refractivity contribution in [3.05, 3.63) is 46.2 Å². The lowest BCUT2D eigenvalue weighted by atomic mass is 10.1. The fourth-order valence-electron chi connectivity index (χ4n) is 2.58. The molecule has 0 saturated carbocycles. The van der Waals surface area contributed by atoms with Gasteiger partial charge in [0.15, 0.2) is 22.2 Å². The van der Waals surface area contributed by atoms with Gasteiger partial charge in [-0.25, -0.2) is 4.98 Å². The normalized spacial score (nSPS) is 10.8. The van der Waals surface area contributed by atoms with Crippen molar-refractivity contribution in [3.63, 3.8) is 0 Å². The smallest absolute Gasteiger partial charge is 0.305 e. The summed E-state index contributed by atoms with van der Waals surface area (Å²) in [5, 5.41) is 13.9. The molecule has 146 valence electrons. The van der Waals surface area contributed by atoms with Crippen molar-refractivity contribution in [3.8, 4) is 17.1 Å². The standard InChI is InChI=1S/C19H16Cl2N2O5/c1-27-14(24)3-2-8-22-19(26)15-16(25)12-9-13(28-17(12)18(21)23-15)10-4-6-11(20)7-5-10/h4-7,9,25H,2-3,8H2,1H3,(H,22,26). The first-order valence-corrected chi connectivity index (χ1v) is 9.09. The number of hydrogen-bond donors (Lipinski definition) is 2. The highest BCUT2D eigenvalue weighted by Gasteiger charge is 2.22. The van der Waals surface area contributed by atoms with Crippen molar-refractivity contribution in [2.45, 2.75) is 12.8 Å². The van der Waals surface area contributed by atoms with Gasteiger partial charge < -0.3 is 19.6 Å². The number of furan rings is 1. The highest BCUT2D eigenvalue weighted by atomic mass is 35.5. The lowest BCUT2D eigenvalue weighted by Crippen LogP contribution is -2.26. The van der Waals surface area contributed by atoms with Crippen LogP contribution in [-0.4, -0.2) is 35.6 Å². The Kier molecular flexibility index (Phi) is 6.06. The summed E-state index contributed by atoms with van der Waals surface area (Å²) >= 11 is 12.0. The zero-order valence-electron chi connectivity index (χ0n) is 14.8. The number of aromatic hydroxyl groups is 1. The van der Waals surface area contributed by atoms with Crippen LogP contribution in [0, 0.1) is 0 Å². The third-order valence-corrected chi connectivity index (χ3v) is 4.53. The Morgan fingerprint density at radius 1 is 1.25 bits per heavy atom. The van der Waals surface area contributed by atoms with Gasteiger partial charge in [0.25, 0.3) is 5.91 Å². The van der Waals surface area contributed by atoms with Gasteiger partial charge in [-0.05, 0) is 36.8 Å². The van der Waals surface area contributed by atoms with Crippen LogP contribution in [0.4, 0.5) is 0 Å². The number of nitrogens with one attached hydrogen (secondary N) is 1. The third-order valence-electron chi connectivity index (χ3n) is 4.02. The average Bonchev–Trinajstić information content (AvgIpc) is 3.14. The second kappa shape index (κ2) is 8.50. The van der Waals surface area contributed by atoms with Crippen molar-refractivity contribution in [1.82, 2.24) is 10.3 Å². The van der Waals surface area contributed by atoms with Crippen molar-refractivity contribution >= 4 is 46.0 Å². The first kappa shape index (κ1) is 20.0. The van der Waals surface area contributed by atoms with Gasteiger partial charge >= 0.3 is 5.97 Å². The molecule has 0 aliphatic rings. The number of rotatable bonds is 6. The van der Waals surface area contributed by atoms with E-state index < -0.39 is 5.91 Å². The molecule has 3 rings (SSSR count). The highest BCUT2D eigenvalue weighted by molar-refractivity contribution is 6.34. The number of hydrogen-bond acceptors (Lipinski definition) is 6. The molecular formula is C19H16Cl2N2O5. The second-order valence-corrected chi connectivity index (χ2v) is 6.69. The molecule has 1 aromatic carbocycles. The Morgan fingerprint density at radius 2 is 1.96 bits per heavy atom. The molecule has 0 saturated heterocycles. The van der Waals surface area contributed by atoms with Crippen LogP contribution in [0.5, 0.6) is 5.75 Å². The number of esters is 1. The van der Waals surface area contributed by atoms with Crippen LogP contribution in [0.1, 0.15) is 23.3 Å². The molecule has 0 atom stereocenters. The Labute approximate surface area is 170 Å². The maximum absolute atomic E-state index is 12.3. The molecule has 2 N–H and O–H groups in total. The number of pyridine rings is 1. The quantitative estimate of drug-likeness (QED) is 0.350. The molecule has 2 heterocycles. The van der Waals surface area contributed by atoms with Gasteiger partial charge in [0.05, 0.1) is 12.5 Å². The SMILES string of the molecule is COC(=O)CCCNC(=O)c1nc(Cl)c2oc(-c3ccc(Cl)cc3)cc2c1O. The molecule has 0 fully saturated rings. The summed E-state index contributed by atoms with van der Waals surface area (Å²) in [6, 6.07) is 8.50. The van der Waals surface area contributed by atoms with Gasteiger partial charge in [0, 0.05) is 23.6 Å². The Bertz CT molecular complexity index is 1030. The highest BCUT2D eigenvalue weighted by Crippen LogP contribution is 2.37. The lowest BCUT2D eigenvalue weighted by Gasteiger charge is -2.07. The minimum atomic E-state index is -0.611. The van der Waals surface area contributed by atoms with E-state index in [-0.39, 0.29) is 46.5 Å². The molecule has 28 heavy (non-hydrogen) atoms. The van der Waals surface area contributed by atoms with Gasteiger partial charge in [-0.2, -0.15) is 0 Å². The maximum atomic E-state index is 12.3. The van der Waals surface area contributed by atoms with Crippen LogP contribution in [0.3, 0.4) is 0 Å². The van der Waals surface area contributed by atoms with Gasteiger partial charge in [-0.3, -0.25) is 9.59 Å². The third kappa shape index (κ3) is 4.21. The summed E-state index contributed by atoms with van der Waals surface area (Å²) < 4.78 is 10.2. The van der Waals surface area contributed by atoms with E-state index in [2.05, 4.69) is 15.0 Å². The van der Waals surface area contributed by atoms with E-state index in [1.165, 1.54) is 7.11 Å². The number of carbonyl (C=O) groups excluding carboxylic acids is 2. The van der Waals surface area contributed by atoms with E-state index in [4.69, 9.17) is 27.6 Å². The first-order chi connectivity index (χ1) is 13.4. The Hall–Kier alpha value is -2.77. The molecule has 2 aromatic heterocycles. The molecule has 0 aliphatic heterocycles. The predicted molar refractivity (Wildman–Crippen MR) is 105 cm³/mol. The van der Waals surface area contributed by atoms with Gasteiger partial charge in [-0.1, -0.05) is 23.2 Å². The summed E-state index contributed by atoms with van der Waals surface area (Å²) in [6.45, 7) is 0.214. The van der Waals surface area contributed by atoms with Crippen molar-refractivity contribution < 1.29 is 23.8 Å². The Morgan fingerprint density at radius 3 is 2.64 bits per heavy atom. The number of benzene rings is 1. The zero-order valence-corrected chi connectivity index (χ0v) is 16.3. The summed E-state index contributed by atoms with van der Waals surface area (Å²) in [5.74, 6) is -0.872. The van der Waals surface area contributed by atoms with Crippen molar-refractivity contribution in [1.29, 1.82) is 0 Å². The van der Waals surface area contributed by atoms with E-state index >= 15 is 0 Å². The molecule has 3 aromatic rings. The number of methoxy groups -OCH3 is 1. The Balaban J connectivity index is 1.84. The number of ether oxygens (including phenoxy) is 1. The zero-order chi connectivity index (χ0) is 20.3. The molecule has 0 radical (unpaired) electrons. The average molecular weight is 423 g/mol. The number of nitrogens with zero attached hydrogens (tertiary/aromatic N) is 1. The maximum Gasteiger partial charge on any atom is 0.305 e. The summed E-state index contributed by atoms with van der Waals surface area (Å²) in [7, 11) is 1.29. The van der Waals surface area contributed by atoms with Gasteiger partial charge in [0.2, 0.25) is 0 Å². The predicted octanol–water partition coefficient (Wildman–Crippen LogP) is 4.19. The van der Waals surface area contributed by atoms with Crippen LogP contribution < -0.4 is 5.32 Å². The lowest BCUT2D eigenvalue weighted by molar-refractivity contribution is -0.140. The first-order valence-electron chi connectivity index (χ1n) is 8.33. The summed E-state index contributed by atoms with van der Waals surface area (Å²) in [4.78, 5) is 27.4. The van der Waals surface area contributed by atoms with E-state index in [9.17, 15) is 14.7 Å². The molecule has 0 bridgehead atoms. The van der Waals surface area contributed by atoms with Gasteiger partial charge in [-0.15, -0.1) is 0 Å². The molecule has 0 unspecified atom stereocenters. The van der Waals surface area contributed by atoms with Crippen LogP contribution in [-0.2, 0) is 9.53 Å². The molecule has 0 spiro atoms. The van der Waals surface area contributed by atoms with E-state index in [1.54, 1.807) is 30.3 Å². The van der Waals surface area contributed by atoms with E-state index in [1.807, 2.05) is 0 Å². The fourth-order valence-corrected chi connectivity index (χ4v) is 2.94. The summed E-state index contributed by atoms with van der Waals surface area (Å²) in [6.07, 6.45) is 0.559. The fraction of sp³-hybridized carbons (Fsp3) is 0.211. The number of carbonyl (C=O) groups is 2. The molecule has 1 amide bonds. The van der Waals surface area contributed by atoms with Crippen LogP contribution in [0.15, 0.2) is 34.7 Å². The molecule has 0 aliphatic carbocycles. The van der Waals surface area contributed by atoms with E-state index in [0.717, 1.165) is 5.56 Å². The monoisotopic (exact) mass is 422 g/mol. The molecule has 9 heteroatoms. The molecular weight excluding hydrogens is 407 g/mol. The summed E-state index contributed by atoms with van der Waals surface area (Å²) in [5.41, 5.74) is 0.676. The largest absolute Gasteiger partial charge is 0.505 e. The van der Waals surface area contributed by atoms with Gasteiger partial charge in [0.1, 0.15) is 5.76 Å². The minimum Gasteiger partial charge on any atom is -0.505 e. The number of halogens is 2. The van der Waals surface area contributed by atoms with Crippen LogP contribution >= 0.6 is 23.2 Å². The van der Waals surface area contributed by atoms with E-state index in [0.29, 0.717) is 17.2 Å². The van der Waals surface area contributed by atoms with Crippen molar-refractivity contribution in [2.24, 2.45) is 0 Å². The minimum absolute atomic E-state index is 0.0484. The second-order valence-electron chi connectivity index (χ2n) is 5.90.